The highest BCUT2D eigenvalue weighted by Gasteiger charge is 2.38. The number of pyridine rings is 1. The van der Waals surface area contributed by atoms with Crippen LogP contribution in [-0.4, -0.2) is 41.6 Å². The van der Waals surface area contributed by atoms with Crippen molar-refractivity contribution in [3.8, 4) is 0 Å². The quantitative estimate of drug-likeness (QED) is 0.861. The zero-order valence-electron chi connectivity index (χ0n) is 11.6. The summed E-state index contributed by atoms with van der Waals surface area (Å²) in [4.78, 5) is 41.4. The number of ether oxygens (including phenoxy) is 1. The number of thiophene rings is 1. The van der Waals surface area contributed by atoms with Crippen LogP contribution in [0.15, 0.2) is 18.3 Å². The minimum Gasteiger partial charge on any atom is -0.477 e. The molecule has 0 aromatic carbocycles. The Balaban J connectivity index is 2.09. The highest BCUT2D eigenvalue weighted by atomic mass is 32.1. The molecule has 1 saturated heterocycles. The van der Waals surface area contributed by atoms with E-state index in [1.54, 1.807) is 18.3 Å². The molecule has 1 aliphatic rings. The Bertz CT molecular complexity index is 785. The highest BCUT2D eigenvalue weighted by Crippen LogP contribution is 2.40. The summed E-state index contributed by atoms with van der Waals surface area (Å²) in [5.74, 6) is -2.45. The molecule has 7 nitrogen and oxygen atoms in total. The number of hydrogen-bond acceptors (Lipinski definition) is 6. The molecule has 0 bridgehead atoms. The SMILES string of the molecule is COC(=O)C1CC(=O)N(c2c(C(=O)O)sc3ncccc23)C1. The van der Waals surface area contributed by atoms with E-state index in [-0.39, 0.29) is 23.7 Å². The summed E-state index contributed by atoms with van der Waals surface area (Å²) in [6, 6.07) is 3.40. The molecular weight excluding hydrogens is 308 g/mol. The standard InChI is InChI=1S/C14H12N2O5S/c1-21-14(20)7-5-9(17)16(6-7)10-8-3-2-4-15-12(8)22-11(10)13(18)19/h2-4,7H,5-6H2,1H3,(H,18,19). The number of methoxy groups -OCH3 is 1. The van der Waals surface area contributed by atoms with Crippen LogP contribution in [0, 0.1) is 5.92 Å². The van der Waals surface area contributed by atoms with Crippen LogP contribution >= 0.6 is 11.3 Å². The molecule has 0 radical (unpaired) electrons. The maximum absolute atomic E-state index is 12.2. The zero-order valence-corrected chi connectivity index (χ0v) is 12.4. The van der Waals surface area contributed by atoms with Crippen LogP contribution in [0.5, 0.6) is 0 Å². The predicted octanol–water partition coefficient (Wildman–Crippen LogP) is 1.52. The number of amides is 1. The van der Waals surface area contributed by atoms with Crippen LogP contribution in [0.2, 0.25) is 0 Å². The molecule has 3 rings (SSSR count). The molecule has 0 spiro atoms. The van der Waals surface area contributed by atoms with Gasteiger partial charge in [-0.3, -0.25) is 9.59 Å². The van der Waals surface area contributed by atoms with E-state index in [9.17, 15) is 19.5 Å². The van der Waals surface area contributed by atoms with Gasteiger partial charge in [0.2, 0.25) is 5.91 Å². The van der Waals surface area contributed by atoms with Gasteiger partial charge < -0.3 is 14.7 Å². The third kappa shape index (κ3) is 2.21. The molecule has 2 aromatic rings. The number of hydrogen-bond donors (Lipinski definition) is 1. The molecular formula is C14H12N2O5S. The third-order valence-corrected chi connectivity index (χ3v) is 4.65. The van der Waals surface area contributed by atoms with Gasteiger partial charge in [0.15, 0.2) is 0 Å². The first-order chi connectivity index (χ1) is 10.5. The van der Waals surface area contributed by atoms with E-state index in [4.69, 9.17) is 0 Å². The molecule has 1 unspecified atom stereocenters. The van der Waals surface area contributed by atoms with Crippen molar-refractivity contribution in [1.82, 2.24) is 4.98 Å². The van der Waals surface area contributed by atoms with Crippen LogP contribution in [0.4, 0.5) is 5.69 Å². The highest BCUT2D eigenvalue weighted by molar-refractivity contribution is 7.21. The number of carboxylic acid groups (broad SMARTS) is 1. The average Bonchev–Trinajstić information content (AvgIpc) is 3.06. The molecule has 8 heteroatoms. The summed E-state index contributed by atoms with van der Waals surface area (Å²) in [5.41, 5.74) is 0.317. The van der Waals surface area contributed by atoms with E-state index in [0.717, 1.165) is 11.3 Å². The molecule has 1 atom stereocenters. The van der Waals surface area contributed by atoms with Gasteiger partial charge in [-0.25, -0.2) is 9.78 Å². The summed E-state index contributed by atoms with van der Waals surface area (Å²) in [7, 11) is 1.27. The van der Waals surface area contributed by atoms with Gasteiger partial charge in [0.1, 0.15) is 9.71 Å². The Hall–Kier alpha value is -2.48. The van der Waals surface area contributed by atoms with Crippen molar-refractivity contribution >= 4 is 45.1 Å². The zero-order chi connectivity index (χ0) is 15.9. The van der Waals surface area contributed by atoms with Crippen LogP contribution < -0.4 is 4.90 Å². The van der Waals surface area contributed by atoms with Crippen molar-refractivity contribution in [1.29, 1.82) is 0 Å². The van der Waals surface area contributed by atoms with E-state index in [0.29, 0.717) is 15.9 Å². The first-order valence-corrected chi connectivity index (χ1v) is 7.33. The van der Waals surface area contributed by atoms with E-state index in [2.05, 4.69) is 9.72 Å². The lowest BCUT2D eigenvalue weighted by atomic mass is 10.1. The summed E-state index contributed by atoms with van der Waals surface area (Å²) in [6.07, 6.45) is 1.58. The number of carbonyl (C=O) groups is 3. The summed E-state index contributed by atoms with van der Waals surface area (Å²) < 4.78 is 4.67. The fourth-order valence-corrected chi connectivity index (χ4v) is 3.57. The molecule has 3 heterocycles. The molecule has 2 aromatic heterocycles. The number of aromatic carboxylic acids is 1. The van der Waals surface area contributed by atoms with Gasteiger partial charge in [-0.1, -0.05) is 0 Å². The number of carbonyl (C=O) groups excluding carboxylic acids is 2. The number of rotatable bonds is 3. The summed E-state index contributed by atoms with van der Waals surface area (Å²) in [5, 5.41) is 9.99. The van der Waals surface area contributed by atoms with Gasteiger partial charge in [0.25, 0.3) is 0 Å². The fourth-order valence-electron chi connectivity index (χ4n) is 2.58. The van der Waals surface area contributed by atoms with Gasteiger partial charge in [-0.15, -0.1) is 11.3 Å². The number of anilines is 1. The first kappa shape index (κ1) is 14.5. The molecule has 0 saturated carbocycles. The molecule has 0 aliphatic carbocycles. The lowest BCUT2D eigenvalue weighted by Crippen LogP contribution is -2.27. The van der Waals surface area contributed by atoms with Crippen molar-refractivity contribution in [2.24, 2.45) is 5.92 Å². The normalized spacial score (nSPS) is 18.0. The third-order valence-electron chi connectivity index (χ3n) is 3.56. The molecule has 1 fully saturated rings. The second-order valence-electron chi connectivity index (χ2n) is 4.87. The largest absolute Gasteiger partial charge is 0.477 e. The van der Waals surface area contributed by atoms with Crippen LogP contribution in [-0.2, 0) is 14.3 Å². The Morgan fingerprint density at radius 3 is 2.95 bits per heavy atom. The van der Waals surface area contributed by atoms with Gasteiger partial charge in [0.05, 0.1) is 18.7 Å². The van der Waals surface area contributed by atoms with Gasteiger partial charge in [-0.05, 0) is 12.1 Å². The average molecular weight is 320 g/mol. The smallest absolute Gasteiger partial charge is 0.348 e. The van der Waals surface area contributed by atoms with Crippen molar-refractivity contribution < 1.29 is 24.2 Å². The molecule has 1 amide bonds. The van der Waals surface area contributed by atoms with E-state index in [1.165, 1.54) is 12.0 Å². The van der Waals surface area contributed by atoms with Gasteiger partial charge in [-0.2, -0.15) is 0 Å². The van der Waals surface area contributed by atoms with Crippen molar-refractivity contribution in [3.63, 3.8) is 0 Å². The monoisotopic (exact) mass is 320 g/mol. The number of esters is 1. The maximum atomic E-state index is 12.2. The van der Waals surface area contributed by atoms with E-state index >= 15 is 0 Å². The molecule has 1 N–H and O–H groups in total. The van der Waals surface area contributed by atoms with Crippen molar-refractivity contribution in [3.05, 3.63) is 23.2 Å². The fraction of sp³-hybridized carbons (Fsp3) is 0.286. The summed E-state index contributed by atoms with van der Waals surface area (Å²) in [6.45, 7) is 0.118. The lowest BCUT2D eigenvalue weighted by molar-refractivity contribution is -0.145. The first-order valence-electron chi connectivity index (χ1n) is 6.52. The number of nitrogens with zero attached hydrogens (tertiary/aromatic N) is 2. The van der Waals surface area contributed by atoms with Crippen molar-refractivity contribution in [2.75, 3.05) is 18.6 Å². The van der Waals surface area contributed by atoms with Crippen LogP contribution in [0.1, 0.15) is 16.1 Å². The Kier molecular flexibility index (Phi) is 3.53. The van der Waals surface area contributed by atoms with Crippen LogP contribution in [0.3, 0.4) is 0 Å². The molecule has 114 valence electrons. The van der Waals surface area contributed by atoms with Crippen LogP contribution in [0.25, 0.3) is 10.2 Å². The number of fused-ring (bicyclic) bond motifs is 1. The van der Waals surface area contributed by atoms with Gasteiger partial charge in [0, 0.05) is 24.5 Å². The topological polar surface area (TPSA) is 96.8 Å². The number of aromatic nitrogens is 1. The Labute approximate surface area is 129 Å². The van der Waals surface area contributed by atoms with E-state index in [1.807, 2.05) is 0 Å². The Morgan fingerprint density at radius 1 is 1.50 bits per heavy atom. The molecule has 1 aliphatic heterocycles. The minimum absolute atomic E-state index is 0.0172. The summed E-state index contributed by atoms with van der Waals surface area (Å²) >= 11 is 1.02. The van der Waals surface area contributed by atoms with Gasteiger partial charge >= 0.3 is 11.9 Å². The molecule has 22 heavy (non-hydrogen) atoms. The second kappa shape index (κ2) is 5.38. The maximum Gasteiger partial charge on any atom is 0.348 e. The second-order valence-corrected chi connectivity index (χ2v) is 5.87. The minimum atomic E-state index is -1.12. The number of carboxylic acids is 1. The lowest BCUT2D eigenvalue weighted by Gasteiger charge is -2.16. The predicted molar refractivity (Wildman–Crippen MR) is 79.1 cm³/mol. The van der Waals surface area contributed by atoms with Crippen molar-refractivity contribution in [2.45, 2.75) is 6.42 Å². The Morgan fingerprint density at radius 2 is 2.27 bits per heavy atom. The van der Waals surface area contributed by atoms with E-state index < -0.39 is 17.9 Å².